The van der Waals surface area contributed by atoms with Gasteiger partial charge in [-0.3, -0.25) is 0 Å². The van der Waals surface area contributed by atoms with Crippen LogP contribution in [-0.2, 0) is 4.79 Å². The van der Waals surface area contributed by atoms with Crippen LogP contribution < -0.4 is 10.6 Å². The van der Waals surface area contributed by atoms with Crippen molar-refractivity contribution < 1.29 is 14.7 Å². The molecule has 0 aliphatic rings. The Labute approximate surface area is 117 Å². The van der Waals surface area contributed by atoms with E-state index in [0.717, 1.165) is 0 Å². The first-order valence-corrected chi connectivity index (χ1v) is 6.39. The van der Waals surface area contributed by atoms with Crippen LogP contribution in [0.3, 0.4) is 0 Å². The average Bonchev–Trinajstić information content (AvgIpc) is 2.35. The molecule has 0 spiro atoms. The van der Waals surface area contributed by atoms with Gasteiger partial charge in [0.1, 0.15) is 5.54 Å². The van der Waals surface area contributed by atoms with Crippen LogP contribution in [0, 0.1) is 0 Å². The molecule has 5 nitrogen and oxygen atoms in total. The molecule has 1 aromatic carbocycles. The van der Waals surface area contributed by atoms with Gasteiger partial charge in [0.15, 0.2) is 0 Å². The van der Waals surface area contributed by atoms with Crippen LogP contribution in [0.4, 0.5) is 10.5 Å². The smallest absolute Gasteiger partial charge is 0.329 e. The number of anilines is 1. The van der Waals surface area contributed by atoms with Gasteiger partial charge in [-0.25, -0.2) is 9.59 Å². The molecule has 6 heteroatoms. The molecule has 0 aromatic heterocycles. The quantitative estimate of drug-likeness (QED) is 0.777. The largest absolute Gasteiger partial charge is 0.480 e. The zero-order valence-corrected chi connectivity index (χ0v) is 11.6. The van der Waals surface area contributed by atoms with Gasteiger partial charge in [0.2, 0.25) is 0 Å². The monoisotopic (exact) mass is 284 g/mol. The maximum Gasteiger partial charge on any atom is 0.329 e. The van der Waals surface area contributed by atoms with Crippen molar-refractivity contribution in [3.8, 4) is 0 Å². The maximum atomic E-state index is 11.8. The number of carboxylic acid groups (broad SMARTS) is 1. The van der Waals surface area contributed by atoms with Gasteiger partial charge < -0.3 is 15.7 Å². The molecule has 2 amide bonds. The van der Waals surface area contributed by atoms with Crippen molar-refractivity contribution in [3.05, 3.63) is 29.3 Å². The minimum Gasteiger partial charge on any atom is -0.480 e. The number of hydrogen-bond donors (Lipinski definition) is 3. The third-order valence-corrected chi connectivity index (χ3v) is 3.29. The fourth-order valence-electron chi connectivity index (χ4n) is 1.73. The summed E-state index contributed by atoms with van der Waals surface area (Å²) in [6.07, 6.45) is 0.615. The Morgan fingerprint density at radius 1 is 1.32 bits per heavy atom. The number of hydrogen-bond acceptors (Lipinski definition) is 2. The zero-order chi connectivity index (χ0) is 14.5. The number of amides is 2. The van der Waals surface area contributed by atoms with E-state index in [9.17, 15) is 14.7 Å². The van der Waals surface area contributed by atoms with Gasteiger partial charge in [0, 0.05) is 10.7 Å². The number of aliphatic carboxylic acids is 1. The Bertz CT molecular complexity index is 473. The molecule has 0 heterocycles. The van der Waals surface area contributed by atoms with Crippen molar-refractivity contribution in [2.75, 3.05) is 5.32 Å². The molecule has 0 aliphatic carbocycles. The Kier molecular flexibility index (Phi) is 5.18. The lowest BCUT2D eigenvalue weighted by Crippen LogP contribution is -2.54. The molecular formula is C13H17ClN2O3. The van der Waals surface area contributed by atoms with Crippen LogP contribution in [0.25, 0.3) is 0 Å². The van der Waals surface area contributed by atoms with Gasteiger partial charge in [-0.1, -0.05) is 31.5 Å². The highest BCUT2D eigenvalue weighted by Gasteiger charge is 2.36. The van der Waals surface area contributed by atoms with Crippen molar-refractivity contribution in [2.24, 2.45) is 0 Å². The summed E-state index contributed by atoms with van der Waals surface area (Å²) in [5.74, 6) is -1.04. The normalized spacial score (nSPS) is 10.9. The van der Waals surface area contributed by atoms with Gasteiger partial charge in [-0.2, -0.15) is 0 Å². The predicted molar refractivity (Wildman–Crippen MR) is 74.6 cm³/mol. The van der Waals surface area contributed by atoms with Crippen molar-refractivity contribution in [1.82, 2.24) is 5.32 Å². The molecule has 0 atom stereocenters. The van der Waals surface area contributed by atoms with Crippen molar-refractivity contribution in [3.63, 3.8) is 0 Å². The van der Waals surface area contributed by atoms with E-state index in [4.69, 9.17) is 11.6 Å². The second-order valence-electron chi connectivity index (χ2n) is 4.18. The molecule has 0 bridgehead atoms. The van der Waals surface area contributed by atoms with Crippen LogP contribution in [0.1, 0.15) is 26.7 Å². The third-order valence-electron chi connectivity index (χ3n) is 3.05. The van der Waals surface area contributed by atoms with E-state index < -0.39 is 17.5 Å². The third kappa shape index (κ3) is 3.86. The van der Waals surface area contributed by atoms with Gasteiger partial charge in [-0.05, 0) is 31.0 Å². The Balaban J connectivity index is 2.76. The molecule has 0 radical (unpaired) electrons. The second-order valence-corrected chi connectivity index (χ2v) is 4.62. The minimum absolute atomic E-state index is 0.307. The number of urea groups is 1. The highest BCUT2D eigenvalue weighted by atomic mass is 35.5. The summed E-state index contributed by atoms with van der Waals surface area (Å²) in [5, 5.41) is 14.8. The van der Waals surface area contributed by atoms with Crippen molar-refractivity contribution >= 4 is 29.3 Å². The summed E-state index contributed by atoms with van der Waals surface area (Å²) < 4.78 is 0. The number of benzene rings is 1. The van der Waals surface area contributed by atoms with E-state index in [0.29, 0.717) is 23.6 Å². The molecule has 1 aromatic rings. The lowest BCUT2D eigenvalue weighted by Gasteiger charge is -2.28. The SMILES string of the molecule is CCC(CC)(NC(=O)Nc1cccc(Cl)c1)C(=O)O. The summed E-state index contributed by atoms with van der Waals surface area (Å²) in [7, 11) is 0. The average molecular weight is 285 g/mol. The molecule has 19 heavy (non-hydrogen) atoms. The van der Waals surface area contributed by atoms with Crippen LogP contribution in [0.15, 0.2) is 24.3 Å². The summed E-state index contributed by atoms with van der Waals surface area (Å²) in [5.41, 5.74) is -0.737. The van der Waals surface area contributed by atoms with E-state index in [1.54, 1.807) is 38.1 Å². The van der Waals surface area contributed by atoms with Gasteiger partial charge in [0.05, 0.1) is 0 Å². The Morgan fingerprint density at radius 2 is 1.95 bits per heavy atom. The second kappa shape index (κ2) is 6.43. The standard InChI is InChI=1S/C13H17ClN2O3/c1-3-13(4-2,11(17)18)16-12(19)15-10-7-5-6-9(14)8-10/h5-8H,3-4H2,1-2H3,(H,17,18)(H2,15,16,19). The Morgan fingerprint density at radius 3 is 2.42 bits per heavy atom. The Hall–Kier alpha value is -1.75. The topological polar surface area (TPSA) is 78.4 Å². The van der Waals surface area contributed by atoms with Crippen molar-refractivity contribution in [2.45, 2.75) is 32.2 Å². The first-order chi connectivity index (χ1) is 8.93. The lowest BCUT2D eigenvalue weighted by atomic mass is 9.93. The molecule has 0 unspecified atom stereocenters. The predicted octanol–water partition coefficient (Wildman–Crippen LogP) is 3.10. The summed E-state index contributed by atoms with van der Waals surface area (Å²) >= 11 is 5.80. The van der Waals surface area contributed by atoms with E-state index in [1.165, 1.54) is 0 Å². The highest BCUT2D eigenvalue weighted by Crippen LogP contribution is 2.17. The maximum absolute atomic E-state index is 11.8. The zero-order valence-electron chi connectivity index (χ0n) is 10.9. The molecule has 104 valence electrons. The number of rotatable bonds is 5. The first-order valence-electron chi connectivity index (χ1n) is 6.01. The summed E-state index contributed by atoms with van der Waals surface area (Å²) in [6.45, 7) is 3.44. The van der Waals surface area contributed by atoms with E-state index in [2.05, 4.69) is 10.6 Å². The lowest BCUT2D eigenvalue weighted by molar-refractivity contribution is -0.144. The molecule has 1 rings (SSSR count). The van der Waals surface area contributed by atoms with Crippen LogP contribution in [-0.4, -0.2) is 22.6 Å². The first kappa shape index (κ1) is 15.3. The van der Waals surface area contributed by atoms with Crippen LogP contribution in [0.2, 0.25) is 5.02 Å². The fraction of sp³-hybridized carbons (Fsp3) is 0.385. The summed E-state index contributed by atoms with van der Waals surface area (Å²) in [4.78, 5) is 23.1. The number of carbonyl (C=O) groups is 2. The molecule has 0 saturated heterocycles. The molecule has 0 saturated carbocycles. The molecule has 0 fully saturated rings. The van der Waals surface area contributed by atoms with Crippen LogP contribution >= 0.6 is 11.6 Å². The molecule has 3 N–H and O–H groups in total. The molecule has 0 aliphatic heterocycles. The number of carbonyl (C=O) groups excluding carboxylic acids is 1. The highest BCUT2D eigenvalue weighted by molar-refractivity contribution is 6.30. The van der Waals surface area contributed by atoms with Gasteiger partial charge in [-0.15, -0.1) is 0 Å². The van der Waals surface area contributed by atoms with Crippen molar-refractivity contribution in [1.29, 1.82) is 0 Å². The summed E-state index contributed by atoms with van der Waals surface area (Å²) in [6, 6.07) is 6.08. The van der Waals surface area contributed by atoms with E-state index >= 15 is 0 Å². The number of carboxylic acids is 1. The van der Waals surface area contributed by atoms with E-state index in [1.807, 2.05) is 0 Å². The minimum atomic E-state index is -1.25. The number of halogens is 1. The van der Waals surface area contributed by atoms with Gasteiger partial charge >= 0.3 is 12.0 Å². The molecular weight excluding hydrogens is 268 g/mol. The van der Waals surface area contributed by atoms with Crippen LogP contribution in [0.5, 0.6) is 0 Å². The number of nitrogens with one attached hydrogen (secondary N) is 2. The van der Waals surface area contributed by atoms with Gasteiger partial charge in [0.25, 0.3) is 0 Å². The van der Waals surface area contributed by atoms with E-state index in [-0.39, 0.29) is 0 Å². The fourth-order valence-corrected chi connectivity index (χ4v) is 1.92.